The van der Waals surface area contributed by atoms with Crippen LogP contribution >= 0.6 is 0 Å². The Labute approximate surface area is 69.9 Å². The molecule has 0 aliphatic carbocycles. The molecule has 0 aliphatic heterocycles. The van der Waals surface area contributed by atoms with E-state index in [4.69, 9.17) is 11.5 Å². The lowest BCUT2D eigenvalue weighted by molar-refractivity contribution is 0.485. The highest BCUT2D eigenvalue weighted by atomic mass is 19.1. The van der Waals surface area contributed by atoms with E-state index in [1.165, 1.54) is 0 Å². The van der Waals surface area contributed by atoms with Crippen LogP contribution in [0.15, 0.2) is 29.3 Å². The Morgan fingerprint density at radius 3 is 2.25 bits per heavy atom. The monoisotopic (exact) mass is 167 g/mol. The fraction of sp³-hybridized carbons (Fsp3) is 0.125. The van der Waals surface area contributed by atoms with E-state index < -0.39 is 6.67 Å². The normalized spacial score (nSPS) is 9.42. The molecule has 0 radical (unpaired) electrons. The van der Waals surface area contributed by atoms with Crippen LogP contribution in [0.1, 0.15) is 5.56 Å². The molecule has 12 heavy (non-hydrogen) atoms. The maximum absolute atomic E-state index is 12.0. The first-order chi connectivity index (χ1) is 5.72. The Balaban J connectivity index is 2.85. The standard InChI is InChI=1S/C8H10FN3/c9-5-6-1-3-7(4-2-6)12-8(10)11/h1-4H,5H2,(H4,10,11,12). The first-order valence-corrected chi connectivity index (χ1v) is 3.47. The van der Waals surface area contributed by atoms with Crippen molar-refractivity contribution < 1.29 is 4.39 Å². The van der Waals surface area contributed by atoms with E-state index in [1.54, 1.807) is 24.3 Å². The average Bonchev–Trinajstić information content (AvgIpc) is 2.05. The van der Waals surface area contributed by atoms with Crippen LogP contribution in [-0.4, -0.2) is 5.96 Å². The predicted molar refractivity (Wildman–Crippen MR) is 46.7 cm³/mol. The largest absolute Gasteiger partial charge is 0.370 e. The molecule has 0 atom stereocenters. The Morgan fingerprint density at radius 2 is 1.83 bits per heavy atom. The molecule has 0 saturated carbocycles. The highest BCUT2D eigenvalue weighted by Gasteiger charge is 1.91. The molecule has 0 bridgehead atoms. The van der Waals surface area contributed by atoms with Crippen molar-refractivity contribution in [1.82, 2.24) is 0 Å². The van der Waals surface area contributed by atoms with Crippen LogP contribution in [0, 0.1) is 0 Å². The van der Waals surface area contributed by atoms with Crippen molar-refractivity contribution in [1.29, 1.82) is 0 Å². The summed E-state index contributed by atoms with van der Waals surface area (Å²) in [5.74, 6) is 0.00278. The third-order valence-electron chi connectivity index (χ3n) is 1.35. The highest BCUT2D eigenvalue weighted by Crippen LogP contribution is 2.12. The van der Waals surface area contributed by atoms with Crippen molar-refractivity contribution in [3.8, 4) is 0 Å². The second-order valence-electron chi connectivity index (χ2n) is 2.34. The molecule has 0 aliphatic rings. The highest BCUT2D eigenvalue weighted by molar-refractivity contribution is 5.78. The van der Waals surface area contributed by atoms with Gasteiger partial charge in [0.25, 0.3) is 0 Å². The molecule has 64 valence electrons. The van der Waals surface area contributed by atoms with E-state index in [1.807, 2.05) is 0 Å². The fourth-order valence-corrected chi connectivity index (χ4v) is 0.809. The van der Waals surface area contributed by atoms with E-state index >= 15 is 0 Å². The number of hydrogen-bond acceptors (Lipinski definition) is 1. The molecule has 1 aromatic rings. The Bertz CT molecular complexity index is 275. The lowest BCUT2D eigenvalue weighted by Crippen LogP contribution is -2.21. The number of benzene rings is 1. The van der Waals surface area contributed by atoms with Crippen molar-refractivity contribution >= 4 is 11.6 Å². The van der Waals surface area contributed by atoms with Gasteiger partial charge >= 0.3 is 0 Å². The molecule has 1 rings (SSSR count). The number of alkyl halides is 1. The van der Waals surface area contributed by atoms with E-state index in [0.717, 1.165) is 0 Å². The molecule has 3 nitrogen and oxygen atoms in total. The third kappa shape index (κ3) is 2.23. The van der Waals surface area contributed by atoms with Gasteiger partial charge in [0.05, 0.1) is 5.69 Å². The summed E-state index contributed by atoms with van der Waals surface area (Å²) in [4.78, 5) is 3.78. The molecule has 0 aromatic heterocycles. The average molecular weight is 167 g/mol. The SMILES string of the molecule is NC(N)=Nc1ccc(CF)cc1. The second kappa shape index (κ2) is 3.71. The molecule has 0 saturated heterocycles. The van der Waals surface area contributed by atoms with Crippen molar-refractivity contribution in [2.24, 2.45) is 16.5 Å². The zero-order valence-corrected chi connectivity index (χ0v) is 6.50. The quantitative estimate of drug-likeness (QED) is 0.511. The van der Waals surface area contributed by atoms with E-state index in [9.17, 15) is 4.39 Å². The van der Waals surface area contributed by atoms with Crippen LogP contribution in [0.5, 0.6) is 0 Å². The Hall–Kier alpha value is -1.58. The topological polar surface area (TPSA) is 64.4 Å². The van der Waals surface area contributed by atoms with Crippen molar-refractivity contribution in [2.45, 2.75) is 6.67 Å². The maximum Gasteiger partial charge on any atom is 0.191 e. The lowest BCUT2D eigenvalue weighted by Gasteiger charge is -1.96. The molecule has 4 N–H and O–H groups in total. The van der Waals surface area contributed by atoms with Gasteiger partial charge in [-0.25, -0.2) is 9.38 Å². The molecule has 0 unspecified atom stereocenters. The van der Waals surface area contributed by atoms with Gasteiger partial charge in [0.2, 0.25) is 0 Å². The van der Waals surface area contributed by atoms with Crippen LogP contribution in [0.25, 0.3) is 0 Å². The fourth-order valence-electron chi connectivity index (χ4n) is 0.809. The summed E-state index contributed by atoms with van der Waals surface area (Å²) in [5, 5.41) is 0. The number of nitrogens with two attached hydrogens (primary N) is 2. The van der Waals surface area contributed by atoms with Crippen LogP contribution in [-0.2, 0) is 6.67 Å². The van der Waals surface area contributed by atoms with Gasteiger partial charge in [-0.3, -0.25) is 0 Å². The minimum Gasteiger partial charge on any atom is -0.370 e. The first kappa shape index (κ1) is 8.52. The van der Waals surface area contributed by atoms with Crippen LogP contribution < -0.4 is 11.5 Å². The first-order valence-electron chi connectivity index (χ1n) is 3.47. The number of aliphatic imine (C=N–C) groups is 1. The van der Waals surface area contributed by atoms with Gasteiger partial charge in [0.1, 0.15) is 6.67 Å². The van der Waals surface area contributed by atoms with Gasteiger partial charge in [0, 0.05) is 0 Å². The number of nitrogens with zero attached hydrogens (tertiary/aromatic N) is 1. The third-order valence-corrected chi connectivity index (χ3v) is 1.35. The van der Waals surface area contributed by atoms with Gasteiger partial charge in [-0.05, 0) is 17.7 Å². The zero-order valence-electron chi connectivity index (χ0n) is 6.50. The molecular formula is C8H10FN3. The molecule has 4 heteroatoms. The summed E-state index contributed by atoms with van der Waals surface area (Å²) < 4.78 is 12.0. The smallest absolute Gasteiger partial charge is 0.191 e. The Morgan fingerprint density at radius 1 is 1.25 bits per heavy atom. The van der Waals surface area contributed by atoms with Crippen LogP contribution in [0.2, 0.25) is 0 Å². The molecule has 0 spiro atoms. The molecule has 0 heterocycles. The van der Waals surface area contributed by atoms with E-state index in [-0.39, 0.29) is 5.96 Å². The minimum atomic E-state index is -0.470. The van der Waals surface area contributed by atoms with Gasteiger partial charge < -0.3 is 11.5 Å². The predicted octanol–water partition coefficient (Wildman–Crippen LogP) is 1.06. The number of rotatable bonds is 2. The summed E-state index contributed by atoms with van der Waals surface area (Å²) in [6.45, 7) is -0.470. The van der Waals surface area contributed by atoms with E-state index in [0.29, 0.717) is 11.3 Å². The summed E-state index contributed by atoms with van der Waals surface area (Å²) in [6, 6.07) is 6.60. The maximum atomic E-state index is 12.0. The van der Waals surface area contributed by atoms with Gasteiger partial charge in [-0.1, -0.05) is 12.1 Å². The summed E-state index contributed by atoms with van der Waals surface area (Å²) in [6.07, 6.45) is 0. The summed E-state index contributed by atoms with van der Waals surface area (Å²) in [7, 11) is 0. The number of guanidine groups is 1. The summed E-state index contributed by atoms with van der Waals surface area (Å²) >= 11 is 0. The Kier molecular flexibility index (Phi) is 2.63. The minimum absolute atomic E-state index is 0.00278. The second-order valence-corrected chi connectivity index (χ2v) is 2.34. The number of hydrogen-bond donors (Lipinski definition) is 2. The van der Waals surface area contributed by atoms with Gasteiger partial charge in [0.15, 0.2) is 5.96 Å². The molecular weight excluding hydrogens is 157 g/mol. The van der Waals surface area contributed by atoms with Gasteiger partial charge in [-0.15, -0.1) is 0 Å². The zero-order chi connectivity index (χ0) is 8.97. The number of halogens is 1. The van der Waals surface area contributed by atoms with E-state index in [2.05, 4.69) is 4.99 Å². The van der Waals surface area contributed by atoms with Crippen molar-refractivity contribution in [3.05, 3.63) is 29.8 Å². The van der Waals surface area contributed by atoms with Crippen LogP contribution in [0.4, 0.5) is 10.1 Å². The molecule has 0 amide bonds. The van der Waals surface area contributed by atoms with Crippen LogP contribution in [0.3, 0.4) is 0 Å². The lowest BCUT2D eigenvalue weighted by atomic mass is 10.2. The van der Waals surface area contributed by atoms with Crippen molar-refractivity contribution in [2.75, 3.05) is 0 Å². The molecule has 0 fully saturated rings. The van der Waals surface area contributed by atoms with Crippen molar-refractivity contribution in [3.63, 3.8) is 0 Å². The molecule has 1 aromatic carbocycles. The summed E-state index contributed by atoms with van der Waals surface area (Å²) in [5.41, 5.74) is 11.5. The van der Waals surface area contributed by atoms with Gasteiger partial charge in [-0.2, -0.15) is 0 Å².